The van der Waals surface area contributed by atoms with E-state index in [1.807, 2.05) is 13.8 Å². The molecule has 0 bridgehead atoms. The summed E-state index contributed by atoms with van der Waals surface area (Å²) < 4.78 is 11.4. The van der Waals surface area contributed by atoms with E-state index in [0.29, 0.717) is 11.8 Å². The Hall–Kier alpha value is -2.31. The Morgan fingerprint density at radius 2 is 1.74 bits per heavy atom. The average Bonchev–Trinajstić information content (AvgIpc) is 2.80. The molecule has 102 valence electrons. The minimum Gasteiger partial charge on any atom is -0.481 e. The summed E-state index contributed by atoms with van der Waals surface area (Å²) in [5.74, 6) is 1.05. The molecule has 0 fully saturated rings. The third-order valence-electron chi connectivity index (χ3n) is 2.65. The molecule has 2 heterocycles. The molecule has 0 radical (unpaired) electrons. The Bertz CT molecular complexity index is 608. The molecule has 0 spiro atoms. The number of nitrogens with one attached hydrogen (secondary N) is 1. The molecule has 0 atom stereocenters. The van der Waals surface area contributed by atoms with E-state index in [1.165, 1.54) is 25.0 Å². The van der Waals surface area contributed by atoms with Crippen LogP contribution in [0.25, 0.3) is 5.95 Å². The van der Waals surface area contributed by atoms with Crippen LogP contribution in [0.4, 0.5) is 0 Å². The first-order chi connectivity index (χ1) is 9.05. The zero-order valence-electron chi connectivity index (χ0n) is 11.3. The van der Waals surface area contributed by atoms with Crippen molar-refractivity contribution in [1.82, 2.24) is 19.7 Å². The van der Waals surface area contributed by atoms with Gasteiger partial charge in [-0.05, 0) is 5.92 Å². The van der Waals surface area contributed by atoms with Crippen LogP contribution in [-0.2, 0) is 0 Å². The fourth-order valence-electron chi connectivity index (χ4n) is 1.56. The van der Waals surface area contributed by atoms with Crippen molar-refractivity contribution in [3.8, 4) is 17.7 Å². The molecule has 2 aromatic heterocycles. The third-order valence-corrected chi connectivity index (χ3v) is 2.65. The number of nitrogens with zero attached hydrogens (tertiary/aromatic N) is 3. The zero-order valence-corrected chi connectivity index (χ0v) is 11.3. The molecule has 19 heavy (non-hydrogen) atoms. The lowest BCUT2D eigenvalue weighted by Gasteiger charge is -2.06. The zero-order chi connectivity index (χ0) is 14.0. The molecule has 7 nitrogen and oxygen atoms in total. The second-order valence-corrected chi connectivity index (χ2v) is 4.29. The fourth-order valence-corrected chi connectivity index (χ4v) is 1.56. The minimum atomic E-state index is -0.223. The second kappa shape index (κ2) is 5.13. The van der Waals surface area contributed by atoms with Gasteiger partial charge in [-0.3, -0.25) is 9.89 Å². The van der Waals surface area contributed by atoms with Crippen molar-refractivity contribution in [3.05, 3.63) is 28.2 Å². The number of ether oxygens (including phenoxy) is 2. The van der Waals surface area contributed by atoms with Gasteiger partial charge in [-0.1, -0.05) is 13.8 Å². The summed E-state index contributed by atoms with van der Waals surface area (Å²) in [4.78, 5) is 20.2. The lowest BCUT2D eigenvalue weighted by Crippen LogP contribution is -2.17. The Morgan fingerprint density at radius 1 is 1.16 bits per heavy atom. The van der Waals surface area contributed by atoms with E-state index in [-0.39, 0.29) is 17.4 Å². The Kier molecular flexibility index (Phi) is 3.55. The first kappa shape index (κ1) is 13.1. The monoisotopic (exact) mass is 264 g/mol. The van der Waals surface area contributed by atoms with Gasteiger partial charge in [0.2, 0.25) is 11.8 Å². The van der Waals surface area contributed by atoms with Crippen LogP contribution in [0.3, 0.4) is 0 Å². The maximum Gasteiger partial charge on any atom is 0.274 e. The number of hydrogen-bond donors (Lipinski definition) is 1. The molecular formula is C12H16N4O3. The van der Waals surface area contributed by atoms with E-state index in [2.05, 4.69) is 15.1 Å². The molecule has 0 aliphatic rings. The predicted molar refractivity (Wildman–Crippen MR) is 69.2 cm³/mol. The quantitative estimate of drug-likeness (QED) is 0.894. The van der Waals surface area contributed by atoms with Crippen molar-refractivity contribution in [1.29, 1.82) is 0 Å². The van der Waals surface area contributed by atoms with Crippen molar-refractivity contribution in [2.75, 3.05) is 14.2 Å². The van der Waals surface area contributed by atoms with Crippen LogP contribution >= 0.6 is 0 Å². The van der Waals surface area contributed by atoms with Crippen LogP contribution in [-0.4, -0.2) is 34.0 Å². The van der Waals surface area contributed by atoms with E-state index in [1.54, 1.807) is 6.07 Å². The van der Waals surface area contributed by atoms with Crippen LogP contribution in [0, 0.1) is 0 Å². The molecule has 0 aliphatic heterocycles. The highest BCUT2D eigenvalue weighted by Gasteiger charge is 2.12. The van der Waals surface area contributed by atoms with E-state index < -0.39 is 0 Å². The summed E-state index contributed by atoms with van der Waals surface area (Å²) in [6.45, 7) is 3.98. The molecule has 0 saturated carbocycles. The van der Waals surface area contributed by atoms with Crippen LogP contribution in [0.1, 0.15) is 25.5 Å². The SMILES string of the molecule is COc1cc(OC)nc(-n2[nH]c(C(C)C)cc2=O)n1. The van der Waals surface area contributed by atoms with E-state index in [0.717, 1.165) is 5.69 Å². The summed E-state index contributed by atoms with van der Waals surface area (Å²) in [5.41, 5.74) is 0.592. The molecule has 2 aromatic rings. The molecule has 0 aromatic carbocycles. The summed E-state index contributed by atoms with van der Waals surface area (Å²) in [5, 5.41) is 2.97. The largest absolute Gasteiger partial charge is 0.481 e. The van der Waals surface area contributed by atoms with Crippen molar-refractivity contribution in [2.24, 2.45) is 0 Å². The number of hydrogen-bond acceptors (Lipinski definition) is 5. The van der Waals surface area contributed by atoms with Crippen molar-refractivity contribution < 1.29 is 9.47 Å². The summed E-state index contributed by atoms with van der Waals surface area (Å²) in [7, 11) is 2.98. The van der Waals surface area contributed by atoms with E-state index in [4.69, 9.17) is 9.47 Å². The maximum absolute atomic E-state index is 11.9. The molecule has 0 aliphatic carbocycles. The summed E-state index contributed by atoms with van der Waals surface area (Å²) in [6, 6.07) is 3.07. The highest BCUT2D eigenvalue weighted by molar-refractivity contribution is 5.27. The molecule has 0 unspecified atom stereocenters. The van der Waals surface area contributed by atoms with Gasteiger partial charge < -0.3 is 9.47 Å². The predicted octanol–water partition coefficient (Wildman–Crippen LogP) is 1.10. The highest BCUT2D eigenvalue weighted by atomic mass is 16.5. The standard InChI is InChI=1S/C12H16N4O3/c1-7(2)8-5-11(17)16(15-8)12-13-9(18-3)6-10(14-12)19-4/h5-7,15H,1-4H3. The maximum atomic E-state index is 11.9. The molecular weight excluding hydrogens is 248 g/mol. The molecule has 7 heteroatoms. The Labute approximate surface area is 110 Å². The van der Waals surface area contributed by atoms with Crippen LogP contribution in [0.15, 0.2) is 16.9 Å². The van der Waals surface area contributed by atoms with Crippen LogP contribution in [0.5, 0.6) is 11.8 Å². The normalized spacial score (nSPS) is 10.8. The number of methoxy groups -OCH3 is 2. The van der Waals surface area contributed by atoms with Crippen LogP contribution < -0.4 is 15.0 Å². The lowest BCUT2D eigenvalue weighted by atomic mass is 10.1. The lowest BCUT2D eigenvalue weighted by molar-refractivity contribution is 0.369. The van der Waals surface area contributed by atoms with Gasteiger partial charge in [-0.15, -0.1) is 0 Å². The topological polar surface area (TPSA) is 82.0 Å². The molecule has 0 amide bonds. The Balaban J connectivity index is 2.54. The van der Waals surface area contributed by atoms with Crippen molar-refractivity contribution in [2.45, 2.75) is 19.8 Å². The van der Waals surface area contributed by atoms with Gasteiger partial charge in [0.05, 0.1) is 20.3 Å². The van der Waals surface area contributed by atoms with Gasteiger partial charge in [0.25, 0.3) is 11.5 Å². The molecule has 2 rings (SSSR count). The van der Waals surface area contributed by atoms with Gasteiger partial charge in [0.1, 0.15) is 0 Å². The highest BCUT2D eigenvalue weighted by Crippen LogP contribution is 2.16. The number of H-pyrrole nitrogens is 1. The smallest absolute Gasteiger partial charge is 0.274 e. The van der Waals surface area contributed by atoms with E-state index >= 15 is 0 Å². The van der Waals surface area contributed by atoms with Gasteiger partial charge in [0.15, 0.2) is 0 Å². The van der Waals surface area contributed by atoms with E-state index in [9.17, 15) is 4.79 Å². The van der Waals surface area contributed by atoms with Gasteiger partial charge in [-0.25, -0.2) is 0 Å². The van der Waals surface area contributed by atoms with Crippen LogP contribution in [0.2, 0.25) is 0 Å². The van der Waals surface area contributed by atoms with Gasteiger partial charge in [0, 0.05) is 11.8 Å². The fraction of sp³-hybridized carbons (Fsp3) is 0.417. The van der Waals surface area contributed by atoms with Gasteiger partial charge >= 0.3 is 0 Å². The Morgan fingerprint density at radius 3 is 2.16 bits per heavy atom. The third kappa shape index (κ3) is 2.59. The molecule has 0 saturated heterocycles. The average molecular weight is 264 g/mol. The number of aromatic amines is 1. The minimum absolute atomic E-state index is 0.188. The first-order valence-corrected chi connectivity index (χ1v) is 5.84. The molecule has 1 N–H and O–H groups in total. The summed E-state index contributed by atoms with van der Waals surface area (Å²) >= 11 is 0. The summed E-state index contributed by atoms with van der Waals surface area (Å²) in [6.07, 6.45) is 0. The van der Waals surface area contributed by atoms with Crippen molar-refractivity contribution >= 4 is 0 Å². The number of rotatable bonds is 4. The first-order valence-electron chi connectivity index (χ1n) is 5.84. The van der Waals surface area contributed by atoms with Crippen molar-refractivity contribution in [3.63, 3.8) is 0 Å². The second-order valence-electron chi connectivity index (χ2n) is 4.29. The van der Waals surface area contributed by atoms with Gasteiger partial charge in [-0.2, -0.15) is 14.6 Å². The number of aromatic nitrogens is 4.